The van der Waals surface area contributed by atoms with E-state index in [9.17, 15) is 18.0 Å². The van der Waals surface area contributed by atoms with E-state index in [0.29, 0.717) is 44.1 Å². The molecule has 2 amide bonds. The van der Waals surface area contributed by atoms with Crippen LogP contribution < -0.4 is 5.32 Å². The lowest BCUT2D eigenvalue weighted by Gasteiger charge is -2.46. The minimum absolute atomic E-state index is 0.0102. The second-order valence-electron chi connectivity index (χ2n) is 14.2. The molecule has 4 fully saturated rings. The SMILES string of the molecule is Cc1nc2ccccc2n1C1CC2CCC(C1)N2CCC1(c2ccccc2)CCN(C(=O)NC2CCC(C(F)(F)F)CC2)CC1. The minimum Gasteiger partial charge on any atom is -0.335 e. The Morgan fingerprint density at radius 1 is 0.889 bits per heavy atom. The monoisotopic (exact) mass is 621 g/mol. The van der Waals surface area contributed by atoms with Crippen LogP contribution in [0.25, 0.3) is 11.0 Å². The van der Waals surface area contributed by atoms with Crippen molar-refractivity contribution in [3.63, 3.8) is 0 Å². The van der Waals surface area contributed by atoms with Gasteiger partial charge in [-0.2, -0.15) is 13.2 Å². The Bertz CT molecular complexity index is 1460. The number of nitrogens with zero attached hydrogens (tertiary/aromatic N) is 4. The van der Waals surface area contributed by atoms with E-state index < -0.39 is 12.1 Å². The van der Waals surface area contributed by atoms with Gasteiger partial charge in [-0.05, 0) is 107 Å². The van der Waals surface area contributed by atoms with Crippen LogP contribution in [0.15, 0.2) is 54.6 Å². The molecular weight excluding hydrogens is 575 g/mol. The number of urea groups is 1. The third-order valence-corrected chi connectivity index (χ3v) is 11.8. The Labute approximate surface area is 264 Å². The van der Waals surface area contributed by atoms with E-state index in [4.69, 9.17) is 4.98 Å². The molecule has 3 saturated heterocycles. The molecule has 2 bridgehead atoms. The first-order valence-electron chi connectivity index (χ1n) is 17.1. The van der Waals surface area contributed by atoms with E-state index in [1.54, 1.807) is 0 Å². The summed E-state index contributed by atoms with van der Waals surface area (Å²) in [5.41, 5.74) is 3.71. The van der Waals surface area contributed by atoms with Crippen molar-refractivity contribution < 1.29 is 18.0 Å². The summed E-state index contributed by atoms with van der Waals surface area (Å²) in [4.78, 5) is 22.8. The molecule has 2 atom stereocenters. The normalized spacial score (nSPS) is 28.8. The van der Waals surface area contributed by atoms with Crippen molar-refractivity contribution in [1.29, 1.82) is 0 Å². The van der Waals surface area contributed by atoms with Crippen molar-refractivity contribution in [2.75, 3.05) is 19.6 Å². The van der Waals surface area contributed by atoms with E-state index in [-0.39, 0.29) is 30.3 Å². The molecule has 0 radical (unpaired) electrons. The molecule has 45 heavy (non-hydrogen) atoms. The zero-order valence-electron chi connectivity index (χ0n) is 26.3. The second kappa shape index (κ2) is 12.3. The largest absolute Gasteiger partial charge is 0.391 e. The van der Waals surface area contributed by atoms with Crippen molar-refractivity contribution >= 4 is 17.1 Å². The predicted octanol–water partition coefficient (Wildman–Crippen LogP) is 7.77. The first-order chi connectivity index (χ1) is 21.7. The lowest BCUT2D eigenvalue weighted by atomic mass is 9.70. The number of para-hydroxylation sites is 2. The maximum atomic E-state index is 13.2. The highest BCUT2D eigenvalue weighted by Gasteiger charge is 2.45. The fourth-order valence-corrected chi connectivity index (χ4v) is 9.23. The van der Waals surface area contributed by atoms with Crippen LogP contribution in [-0.4, -0.2) is 69.3 Å². The van der Waals surface area contributed by atoms with Gasteiger partial charge >= 0.3 is 12.2 Å². The summed E-state index contributed by atoms with van der Waals surface area (Å²) in [6.07, 6.45) is 4.56. The molecule has 4 heterocycles. The van der Waals surface area contributed by atoms with Gasteiger partial charge in [0.25, 0.3) is 0 Å². The number of halogens is 3. The summed E-state index contributed by atoms with van der Waals surface area (Å²) >= 11 is 0. The number of carbonyl (C=O) groups is 1. The molecule has 3 aliphatic heterocycles. The molecule has 4 aliphatic rings. The molecule has 6 nitrogen and oxygen atoms in total. The molecule has 2 unspecified atom stereocenters. The summed E-state index contributed by atoms with van der Waals surface area (Å²) in [6, 6.07) is 20.7. The molecule has 0 spiro atoms. The number of likely N-dealkylation sites (tertiary alicyclic amines) is 1. The average Bonchev–Trinajstić information content (AvgIpc) is 3.50. The molecule has 2 aromatic carbocycles. The van der Waals surface area contributed by atoms with Crippen LogP contribution in [0, 0.1) is 12.8 Å². The molecule has 1 aliphatic carbocycles. The Balaban J connectivity index is 0.986. The van der Waals surface area contributed by atoms with Crippen LogP contribution in [-0.2, 0) is 5.41 Å². The lowest BCUT2D eigenvalue weighted by molar-refractivity contribution is -0.182. The van der Waals surface area contributed by atoms with Crippen molar-refractivity contribution in [2.45, 2.75) is 113 Å². The molecule has 9 heteroatoms. The van der Waals surface area contributed by atoms with Gasteiger partial charge in [0.15, 0.2) is 0 Å². The Morgan fingerprint density at radius 3 is 2.20 bits per heavy atom. The fourth-order valence-electron chi connectivity index (χ4n) is 9.23. The van der Waals surface area contributed by atoms with Gasteiger partial charge in [-0.25, -0.2) is 9.78 Å². The standard InChI is InChI=1S/C36H46F3N5O/c1-25-40-32-9-5-6-10-33(32)44(25)31-23-29-15-16-30(24-31)43(29)22-19-35(26-7-3-2-4-8-26)17-20-42(21-18-35)34(45)41-28-13-11-27(12-14-28)36(37,38)39/h2-10,27-31H,11-24H2,1H3,(H,41,45). The fraction of sp³-hybridized carbons (Fsp3) is 0.611. The number of hydrogen-bond acceptors (Lipinski definition) is 3. The Hall–Kier alpha value is -3.07. The number of fused-ring (bicyclic) bond motifs is 3. The number of benzene rings is 2. The Kier molecular flexibility index (Phi) is 8.34. The molecule has 1 N–H and O–H groups in total. The average molecular weight is 622 g/mol. The van der Waals surface area contributed by atoms with Crippen LogP contribution in [0.3, 0.4) is 0 Å². The third-order valence-electron chi connectivity index (χ3n) is 11.8. The van der Waals surface area contributed by atoms with Gasteiger partial charge in [-0.3, -0.25) is 4.90 Å². The summed E-state index contributed by atoms with van der Waals surface area (Å²) in [5, 5.41) is 3.07. The van der Waals surface area contributed by atoms with Gasteiger partial charge in [0.1, 0.15) is 5.82 Å². The number of aromatic nitrogens is 2. The molecule has 7 rings (SSSR count). The van der Waals surface area contributed by atoms with Crippen LogP contribution in [0.2, 0.25) is 0 Å². The maximum Gasteiger partial charge on any atom is 0.391 e. The summed E-state index contributed by atoms with van der Waals surface area (Å²) in [7, 11) is 0. The number of rotatable bonds is 6. The van der Waals surface area contributed by atoms with Crippen molar-refractivity contribution in [3.05, 3.63) is 66.0 Å². The predicted molar refractivity (Wildman–Crippen MR) is 170 cm³/mol. The number of nitrogens with one attached hydrogen (secondary N) is 1. The Morgan fingerprint density at radius 2 is 1.53 bits per heavy atom. The summed E-state index contributed by atoms with van der Waals surface area (Å²) in [5.74, 6) is -0.120. The first-order valence-corrected chi connectivity index (χ1v) is 17.1. The topological polar surface area (TPSA) is 53.4 Å². The number of amides is 2. The number of piperidine rings is 2. The lowest BCUT2D eigenvalue weighted by Crippen LogP contribution is -2.52. The van der Waals surface area contributed by atoms with Crippen LogP contribution in [0.1, 0.15) is 88.1 Å². The van der Waals surface area contributed by atoms with Gasteiger partial charge in [0.05, 0.1) is 17.0 Å². The molecule has 1 saturated carbocycles. The summed E-state index contributed by atoms with van der Waals surface area (Å²) < 4.78 is 41.8. The zero-order chi connectivity index (χ0) is 31.2. The van der Waals surface area contributed by atoms with E-state index in [2.05, 4.69) is 76.3 Å². The van der Waals surface area contributed by atoms with Gasteiger partial charge in [-0.15, -0.1) is 0 Å². The molecule has 1 aromatic heterocycles. The van der Waals surface area contributed by atoms with Crippen molar-refractivity contribution in [3.8, 4) is 0 Å². The van der Waals surface area contributed by atoms with Gasteiger partial charge in [0.2, 0.25) is 0 Å². The summed E-state index contributed by atoms with van der Waals surface area (Å²) in [6.45, 7) is 4.54. The first kappa shape index (κ1) is 30.6. The second-order valence-corrected chi connectivity index (χ2v) is 14.2. The smallest absolute Gasteiger partial charge is 0.335 e. The van der Waals surface area contributed by atoms with Gasteiger partial charge in [-0.1, -0.05) is 42.5 Å². The number of aryl methyl sites for hydroxylation is 1. The molecular formula is C36H46F3N5O. The van der Waals surface area contributed by atoms with E-state index in [1.807, 2.05) is 4.90 Å². The quantitative estimate of drug-likeness (QED) is 0.306. The van der Waals surface area contributed by atoms with E-state index in [1.165, 1.54) is 23.9 Å². The van der Waals surface area contributed by atoms with Gasteiger partial charge in [0, 0.05) is 37.3 Å². The number of alkyl halides is 3. The minimum atomic E-state index is -4.13. The molecule has 242 valence electrons. The van der Waals surface area contributed by atoms with Crippen molar-refractivity contribution in [2.24, 2.45) is 5.92 Å². The number of hydrogen-bond donors (Lipinski definition) is 1. The van der Waals surface area contributed by atoms with E-state index in [0.717, 1.165) is 50.0 Å². The highest BCUT2D eigenvalue weighted by molar-refractivity contribution is 5.76. The van der Waals surface area contributed by atoms with Gasteiger partial charge < -0.3 is 14.8 Å². The third kappa shape index (κ3) is 6.09. The maximum absolute atomic E-state index is 13.2. The van der Waals surface area contributed by atoms with E-state index >= 15 is 0 Å². The number of carbonyl (C=O) groups excluding carboxylic acids is 1. The van der Waals surface area contributed by atoms with Crippen LogP contribution in [0.4, 0.5) is 18.0 Å². The van der Waals surface area contributed by atoms with Crippen LogP contribution >= 0.6 is 0 Å². The molecule has 3 aromatic rings. The highest BCUT2D eigenvalue weighted by atomic mass is 19.4. The van der Waals surface area contributed by atoms with Crippen LogP contribution in [0.5, 0.6) is 0 Å². The van der Waals surface area contributed by atoms with Crippen molar-refractivity contribution in [1.82, 2.24) is 24.7 Å². The zero-order valence-corrected chi connectivity index (χ0v) is 26.3. The number of imidazole rings is 1. The highest BCUT2D eigenvalue weighted by Crippen LogP contribution is 2.45.